The molecule has 2 atom stereocenters. The summed E-state index contributed by atoms with van der Waals surface area (Å²) < 4.78 is 2.12. The summed E-state index contributed by atoms with van der Waals surface area (Å²) in [5.74, 6) is 2.23. The molecule has 0 aliphatic heterocycles. The second-order valence-corrected chi connectivity index (χ2v) is 7.09. The number of rotatable bonds is 7. The number of hydrogen-bond acceptors (Lipinski definition) is 2. The van der Waals surface area contributed by atoms with Crippen LogP contribution < -0.4 is 5.32 Å². The molecule has 3 heteroatoms. The maximum Gasteiger partial charge on any atom is 0.0524 e. The van der Waals surface area contributed by atoms with Gasteiger partial charge in [0.25, 0.3) is 0 Å². The molecule has 3 nitrogen and oxygen atoms in total. The lowest BCUT2D eigenvalue weighted by molar-refractivity contribution is 0.366. The van der Waals surface area contributed by atoms with E-state index in [9.17, 15) is 0 Å². The van der Waals surface area contributed by atoms with Crippen LogP contribution in [0.1, 0.15) is 70.8 Å². The number of hydrogen-bond donors (Lipinski definition) is 1. The second kappa shape index (κ2) is 8.57. The molecule has 21 heavy (non-hydrogen) atoms. The molecule has 2 rings (SSSR count). The molecule has 0 radical (unpaired) electrons. The molecule has 0 saturated heterocycles. The summed E-state index contributed by atoms with van der Waals surface area (Å²) in [4.78, 5) is 0. The van der Waals surface area contributed by atoms with Gasteiger partial charge in [0.15, 0.2) is 0 Å². The minimum Gasteiger partial charge on any atom is -0.316 e. The molecule has 0 spiro atoms. The summed E-state index contributed by atoms with van der Waals surface area (Å²) in [6.45, 7) is 10.1. The first-order valence-corrected chi connectivity index (χ1v) is 8.93. The van der Waals surface area contributed by atoms with Crippen molar-refractivity contribution in [1.29, 1.82) is 0 Å². The molecule has 1 aliphatic carbocycles. The predicted molar refractivity (Wildman–Crippen MR) is 89.5 cm³/mol. The minimum atomic E-state index is 0.706. The monoisotopic (exact) mass is 291 g/mol. The number of nitrogens with zero attached hydrogens (tertiary/aromatic N) is 2. The van der Waals surface area contributed by atoms with Crippen LogP contribution in [-0.4, -0.2) is 22.9 Å². The van der Waals surface area contributed by atoms with E-state index >= 15 is 0 Å². The Hall–Kier alpha value is -0.830. The van der Waals surface area contributed by atoms with Gasteiger partial charge in [-0.2, -0.15) is 5.10 Å². The smallest absolute Gasteiger partial charge is 0.0524 e. The van der Waals surface area contributed by atoms with Gasteiger partial charge in [-0.3, -0.25) is 4.68 Å². The topological polar surface area (TPSA) is 29.9 Å². The molecular formula is C18H33N3. The number of nitrogens with one attached hydrogen (secondary N) is 1. The van der Waals surface area contributed by atoms with E-state index in [2.05, 4.69) is 48.3 Å². The Labute approximate surface area is 130 Å². The molecule has 1 fully saturated rings. The van der Waals surface area contributed by atoms with E-state index in [1.807, 2.05) is 0 Å². The Kier molecular flexibility index (Phi) is 6.75. The van der Waals surface area contributed by atoms with Gasteiger partial charge in [0, 0.05) is 12.7 Å². The summed E-state index contributed by atoms with van der Waals surface area (Å²) in [6, 6.07) is 0. The van der Waals surface area contributed by atoms with E-state index in [-0.39, 0.29) is 0 Å². The molecule has 1 aromatic heterocycles. The highest BCUT2D eigenvalue weighted by Crippen LogP contribution is 2.36. The molecule has 1 aliphatic rings. The van der Waals surface area contributed by atoms with Crippen molar-refractivity contribution in [3.8, 4) is 0 Å². The van der Waals surface area contributed by atoms with Crippen molar-refractivity contribution in [2.45, 2.75) is 71.8 Å². The van der Waals surface area contributed by atoms with Crippen molar-refractivity contribution in [2.75, 3.05) is 13.1 Å². The fourth-order valence-corrected chi connectivity index (χ4v) is 3.55. The first-order valence-electron chi connectivity index (χ1n) is 8.93. The molecule has 0 bridgehead atoms. The van der Waals surface area contributed by atoms with Crippen molar-refractivity contribution < 1.29 is 0 Å². The molecule has 120 valence electrons. The van der Waals surface area contributed by atoms with Crippen LogP contribution in [0.25, 0.3) is 0 Å². The molecule has 1 N–H and O–H groups in total. The minimum absolute atomic E-state index is 0.706. The highest BCUT2D eigenvalue weighted by molar-refractivity contribution is 5.13. The Morgan fingerprint density at radius 2 is 2.10 bits per heavy atom. The normalized spacial score (nSPS) is 23.4. The van der Waals surface area contributed by atoms with Crippen LogP contribution in [-0.2, 0) is 6.54 Å². The lowest BCUT2D eigenvalue weighted by Crippen LogP contribution is -2.29. The van der Waals surface area contributed by atoms with Gasteiger partial charge in [0.2, 0.25) is 0 Å². The zero-order chi connectivity index (χ0) is 15.1. The quantitative estimate of drug-likeness (QED) is 0.763. The largest absolute Gasteiger partial charge is 0.316 e. The third-order valence-corrected chi connectivity index (χ3v) is 4.65. The zero-order valence-electron chi connectivity index (χ0n) is 14.1. The summed E-state index contributed by atoms with van der Waals surface area (Å²) in [5, 5.41) is 8.24. The van der Waals surface area contributed by atoms with Crippen molar-refractivity contribution in [1.82, 2.24) is 15.1 Å². The van der Waals surface area contributed by atoms with E-state index in [1.165, 1.54) is 44.2 Å². The third kappa shape index (κ3) is 5.14. The summed E-state index contributed by atoms with van der Waals surface area (Å²) in [6.07, 6.45) is 12.5. The predicted octanol–water partition coefficient (Wildman–Crippen LogP) is 4.20. The maximum atomic E-state index is 4.55. The van der Waals surface area contributed by atoms with Gasteiger partial charge in [-0.05, 0) is 55.7 Å². The number of aromatic nitrogens is 2. The lowest BCUT2D eigenvalue weighted by atomic mass is 9.83. The fourth-order valence-electron chi connectivity index (χ4n) is 3.55. The van der Waals surface area contributed by atoms with Gasteiger partial charge in [0.05, 0.1) is 6.20 Å². The summed E-state index contributed by atoms with van der Waals surface area (Å²) in [5.41, 5.74) is 1.47. The first kappa shape index (κ1) is 16.5. The summed E-state index contributed by atoms with van der Waals surface area (Å²) >= 11 is 0. The zero-order valence-corrected chi connectivity index (χ0v) is 14.1. The Balaban J connectivity index is 2.00. The molecular weight excluding hydrogens is 258 g/mol. The lowest BCUT2D eigenvalue weighted by Gasteiger charge is -2.25. The van der Waals surface area contributed by atoms with Gasteiger partial charge >= 0.3 is 0 Å². The summed E-state index contributed by atoms with van der Waals surface area (Å²) in [7, 11) is 0. The van der Waals surface area contributed by atoms with E-state index in [1.54, 1.807) is 0 Å². The van der Waals surface area contributed by atoms with Crippen LogP contribution in [0.4, 0.5) is 0 Å². The molecule has 0 aromatic carbocycles. The SMILES string of the molecule is CCCn1cc(C2CCCCCC2CNCC(C)C)cn1. The average molecular weight is 291 g/mol. The van der Waals surface area contributed by atoms with Gasteiger partial charge in [-0.25, -0.2) is 0 Å². The molecule has 1 aromatic rings. The average Bonchev–Trinajstić information content (AvgIpc) is 2.77. The fraction of sp³-hybridized carbons (Fsp3) is 0.833. The van der Waals surface area contributed by atoms with E-state index < -0.39 is 0 Å². The molecule has 0 amide bonds. The van der Waals surface area contributed by atoms with Crippen molar-refractivity contribution in [3.05, 3.63) is 18.0 Å². The van der Waals surface area contributed by atoms with Crippen LogP contribution in [0.3, 0.4) is 0 Å². The van der Waals surface area contributed by atoms with Crippen LogP contribution in [0.15, 0.2) is 12.4 Å². The second-order valence-electron chi connectivity index (χ2n) is 7.09. The van der Waals surface area contributed by atoms with E-state index in [4.69, 9.17) is 0 Å². The Morgan fingerprint density at radius 1 is 1.29 bits per heavy atom. The van der Waals surface area contributed by atoms with Gasteiger partial charge < -0.3 is 5.32 Å². The highest BCUT2D eigenvalue weighted by atomic mass is 15.3. The van der Waals surface area contributed by atoms with E-state index in [0.29, 0.717) is 5.92 Å². The van der Waals surface area contributed by atoms with Crippen LogP contribution in [0, 0.1) is 11.8 Å². The Morgan fingerprint density at radius 3 is 2.86 bits per heavy atom. The first-order chi connectivity index (χ1) is 10.2. The van der Waals surface area contributed by atoms with Gasteiger partial charge in [-0.15, -0.1) is 0 Å². The van der Waals surface area contributed by atoms with Crippen LogP contribution >= 0.6 is 0 Å². The van der Waals surface area contributed by atoms with Crippen molar-refractivity contribution >= 4 is 0 Å². The van der Waals surface area contributed by atoms with Crippen LogP contribution in [0.2, 0.25) is 0 Å². The molecule has 2 unspecified atom stereocenters. The molecule has 1 saturated carbocycles. The molecule has 1 heterocycles. The number of aryl methyl sites for hydroxylation is 1. The Bertz CT molecular complexity index is 397. The van der Waals surface area contributed by atoms with Crippen molar-refractivity contribution in [2.24, 2.45) is 11.8 Å². The third-order valence-electron chi connectivity index (χ3n) is 4.65. The van der Waals surface area contributed by atoms with E-state index in [0.717, 1.165) is 31.3 Å². The van der Waals surface area contributed by atoms with Gasteiger partial charge in [0.1, 0.15) is 0 Å². The maximum absolute atomic E-state index is 4.55. The standard InChI is InChI=1S/C18H33N3/c1-4-10-21-14-17(13-20-21)18-9-7-5-6-8-16(18)12-19-11-15(2)3/h13-16,18-19H,4-12H2,1-3H3. The van der Waals surface area contributed by atoms with Gasteiger partial charge in [-0.1, -0.05) is 40.0 Å². The van der Waals surface area contributed by atoms with Crippen molar-refractivity contribution in [3.63, 3.8) is 0 Å². The van der Waals surface area contributed by atoms with Crippen LogP contribution in [0.5, 0.6) is 0 Å². The highest BCUT2D eigenvalue weighted by Gasteiger charge is 2.26.